The summed E-state index contributed by atoms with van der Waals surface area (Å²) in [5.41, 5.74) is 0. The first-order valence-corrected chi connectivity index (χ1v) is 5.35. The van der Waals surface area contributed by atoms with Crippen LogP contribution in [0.2, 0.25) is 0 Å². The van der Waals surface area contributed by atoms with E-state index in [2.05, 4.69) is 5.32 Å². The average Bonchev–Trinajstić information content (AvgIpc) is 2.10. The van der Waals surface area contributed by atoms with Crippen LogP contribution in [0.3, 0.4) is 0 Å². The van der Waals surface area contributed by atoms with Crippen LogP contribution in [-0.4, -0.2) is 23.5 Å². The number of carbonyl (C=O) groups excluding carboxylic acids is 1. The van der Waals surface area contributed by atoms with Crippen molar-refractivity contribution in [2.45, 2.75) is 34.1 Å². The first-order chi connectivity index (χ1) is 6.84. The lowest BCUT2D eigenvalue weighted by molar-refractivity contribution is -0.142. The SMILES string of the molecule is CC(C)CC(CNC(=O)C(C)C)C(=O)O. The molecule has 4 heteroatoms. The fourth-order valence-corrected chi connectivity index (χ4v) is 1.27. The molecule has 1 atom stereocenters. The highest BCUT2D eigenvalue weighted by Gasteiger charge is 2.20. The Bertz CT molecular complexity index is 224. The van der Waals surface area contributed by atoms with Crippen molar-refractivity contribution < 1.29 is 14.7 Å². The van der Waals surface area contributed by atoms with Crippen molar-refractivity contribution in [3.05, 3.63) is 0 Å². The van der Waals surface area contributed by atoms with Gasteiger partial charge in [-0.25, -0.2) is 0 Å². The van der Waals surface area contributed by atoms with Gasteiger partial charge in [0.25, 0.3) is 0 Å². The number of amides is 1. The number of hydrogen-bond donors (Lipinski definition) is 2. The lowest BCUT2D eigenvalue weighted by Crippen LogP contribution is -2.35. The third kappa shape index (κ3) is 6.10. The van der Waals surface area contributed by atoms with Gasteiger partial charge >= 0.3 is 5.97 Å². The first-order valence-electron chi connectivity index (χ1n) is 5.35. The molecule has 0 fully saturated rings. The lowest BCUT2D eigenvalue weighted by atomic mass is 9.97. The molecule has 4 nitrogen and oxygen atoms in total. The highest BCUT2D eigenvalue weighted by atomic mass is 16.4. The number of nitrogens with one attached hydrogen (secondary N) is 1. The second-order valence-electron chi connectivity index (χ2n) is 4.56. The Kier molecular flexibility index (Phi) is 5.97. The Morgan fingerprint density at radius 1 is 1.20 bits per heavy atom. The van der Waals surface area contributed by atoms with E-state index in [0.29, 0.717) is 12.3 Å². The molecule has 0 aliphatic rings. The summed E-state index contributed by atoms with van der Waals surface area (Å²) in [6.45, 7) is 7.74. The summed E-state index contributed by atoms with van der Waals surface area (Å²) in [5.74, 6) is -1.19. The minimum atomic E-state index is -0.840. The highest BCUT2D eigenvalue weighted by molar-refractivity contribution is 5.78. The summed E-state index contributed by atoms with van der Waals surface area (Å²) >= 11 is 0. The summed E-state index contributed by atoms with van der Waals surface area (Å²) < 4.78 is 0. The maximum Gasteiger partial charge on any atom is 0.308 e. The summed E-state index contributed by atoms with van der Waals surface area (Å²) in [4.78, 5) is 22.1. The van der Waals surface area contributed by atoms with Crippen LogP contribution in [0, 0.1) is 17.8 Å². The second kappa shape index (κ2) is 6.43. The van der Waals surface area contributed by atoms with Gasteiger partial charge in [-0.2, -0.15) is 0 Å². The molecule has 0 heterocycles. The lowest BCUT2D eigenvalue weighted by Gasteiger charge is -2.16. The molecule has 0 aromatic carbocycles. The van der Waals surface area contributed by atoms with Gasteiger partial charge in [0.1, 0.15) is 0 Å². The van der Waals surface area contributed by atoms with Gasteiger partial charge in [0.2, 0.25) is 5.91 Å². The van der Waals surface area contributed by atoms with Gasteiger partial charge in [0.15, 0.2) is 0 Å². The Morgan fingerprint density at radius 2 is 1.73 bits per heavy atom. The van der Waals surface area contributed by atoms with E-state index in [1.54, 1.807) is 13.8 Å². The van der Waals surface area contributed by atoms with Crippen LogP contribution in [0.1, 0.15) is 34.1 Å². The molecule has 88 valence electrons. The van der Waals surface area contributed by atoms with Gasteiger partial charge in [-0.1, -0.05) is 27.7 Å². The molecule has 15 heavy (non-hydrogen) atoms. The maximum absolute atomic E-state index is 11.3. The third-order valence-electron chi connectivity index (χ3n) is 2.15. The molecule has 0 spiro atoms. The van der Waals surface area contributed by atoms with E-state index in [1.807, 2.05) is 13.8 Å². The van der Waals surface area contributed by atoms with Gasteiger partial charge in [-0.05, 0) is 12.3 Å². The normalized spacial score (nSPS) is 12.9. The number of rotatable bonds is 6. The zero-order valence-electron chi connectivity index (χ0n) is 9.91. The Morgan fingerprint density at radius 3 is 2.07 bits per heavy atom. The van der Waals surface area contributed by atoms with E-state index >= 15 is 0 Å². The highest BCUT2D eigenvalue weighted by Crippen LogP contribution is 2.11. The molecule has 1 amide bonds. The van der Waals surface area contributed by atoms with E-state index in [0.717, 1.165) is 0 Å². The van der Waals surface area contributed by atoms with Crippen molar-refractivity contribution in [1.29, 1.82) is 0 Å². The molecular weight excluding hydrogens is 194 g/mol. The van der Waals surface area contributed by atoms with Gasteiger partial charge in [0.05, 0.1) is 5.92 Å². The van der Waals surface area contributed by atoms with Crippen LogP contribution >= 0.6 is 0 Å². The predicted molar refractivity (Wildman–Crippen MR) is 58.4 cm³/mol. The average molecular weight is 215 g/mol. The van der Waals surface area contributed by atoms with Gasteiger partial charge in [-0.3, -0.25) is 9.59 Å². The van der Waals surface area contributed by atoms with Crippen LogP contribution in [0.4, 0.5) is 0 Å². The summed E-state index contributed by atoms with van der Waals surface area (Å²) in [5, 5.41) is 11.6. The van der Waals surface area contributed by atoms with E-state index in [9.17, 15) is 9.59 Å². The summed E-state index contributed by atoms with van der Waals surface area (Å²) in [7, 11) is 0. The van der Waals surface area contributed by atoms with Crippen LogP contribution in [-0.2, 0) is 9.59 Å². The monoisotopic (exact) mass is 215 g/mol. The van der Waals surface area contributed by atoms with Crippen molar-refractivity contribution in [1.82, 2.24) is 5.32 Å². The molecular formula is C11H21NO3. The van der Waals surface area contributed by atoms with Crippen molar-refractivity contribution in [2.75, 3.05) is 6.54 Å². The van der Waals surface area contributed by atoms with E-state index in [-0.39, 0.29) is 18.4 Å². The Hall–Kier alpha value is -1.06. The van der Waals surface area contributed by atoms with Crippen LogP contribution in [0.5, 0.6) is 0 Å². The topological polar surface area (TPSA) is 66.4 Å². The molecule has 2 N–H and O–H groups in total. The van der Waals surface area contributed by atoms with Crippen LogP contribution in [0.15, 0.2) is 0 Å². The van der Waals surface area contributed by atoms with Crippen molar-refractivity contribution >= 4 is 11.9 Å². The quantitative estimate of drug-likeness (QED) is 0.705. The zero-order chi connectivity index (χ0) is 12.0. The zero-order valence-corrected chi connectivity index (χ0v) is 9.91. The fraction of sp³-hybridized carbons (Fsp3) is 0.818. The molecule has 0 aromatic rings. The van der Waals surface area contributed by atoms with Crippen LogP contribution < -0.4 is 5.32 Å². The minimum absolute atomic E-state index is 0.0926. The molecule has 0 aliphatic heterocycles. The largest absolute Gasteiger partial charge is 0.481 e. The molecule has 0 saturated heterocycles. The molecule has 0 rings (SSSR count). The van der Waals surface area contributed by atoms with E-state index in [4.69, 9.17) is 5.11 Å². The minimum Gasteiger partial charge on any atom is -0.481 e. The standard InChI is InChI=1S/C11H21NO3/c1-7(2)5-9(11(14)15)6-12-10(13)8(3)4/h7-9H,5-6H2,1-4H3,(H,12,13)(H,14,15). The van der Waals surface area contributed by atoms with E-state index in [1.165, 1.54) is 0 Å². The molecule has 0 bridgehead atoms. The third-order valence-corrected chi connectivity index (χ3v) is 2.15. The Labute approximate surface area is 91.1 Å². The van der Waals surface area contributed by atoms with Gasteiger partial charge in [0, 0.05) is 12.5 Å². The summed E-state index contributed by atoms with van der Waals surface area (Å²) in [6, 6.07) is 0. The fourth-order valence-electron chi connectivity index (χ4n) is 1.27. The number of carboxylic acids is 1. The van der Waals surface area contributed by atoms with E-state index < -0.39 is 11.9 Å². The molecule has 1 unspecified atom stereocenters. The molecule has 0 saturated carbocycles. The predicted octanol–water partition coefficient (Wildman–Crippen LogP) is 1.51. The number of carbonyl (C=O) groups is 2. The number of carboxylic acid groups (broad SMARTS) is 1. The van der Waals surface area contributed by atoms with Crippen LogP contribution in [0.25, 0.3) is 0 Å². The van der Waals surface area contributed by atoms with Gasteiger partial charge in [-0.15, -0.1) is 0 Å². The summed E-state index contributed by atoms with van der Waals surface area (Å²) in [6.07, 6.45) is 0.591. The molecule has 0 aromatic heterocycles. The second-order valence-corrected chi connectivity index (χ2v) is 4.56. The number of aliphatic carboxylic acids is 1. The first kappa shape index (κ1) is 13.9. The molecule has 0 radical (unpaired) electrons. The van der Waals surface area contributed by atoms with Crippen molar-refractivity contribution in [3.8, 4) is 0 Å². The molecule has 0 aliphatic carbocycles. The van der Waals surface area contributed by atoms with Crippen molar-refractivity contribution in [2.24, 2.45) is 17.8 Å². The van der Waals surface area contributed by atoms with Crippen molar-refractivity contribution in [3.63, 3.8) is 0 Å². The Balaban J connectivity index is 4.07. The maximum atomic E-state index is 11.3. The number of hydrogen-bond acceptors (Lipinski definition) is 2. The smallest absolute Gasteiger partial charge is 0.308 e. The van der Waals surface area contributed by atoms with Gasteiger partial charge < -0.3 is 10.4 Å².